The van der Waals surface area contributed by atoms with Crippen LogP contribution in [-0.2, 0) is 6.42 Å². The summed E-state index contributed by atoms with van der Waals surface area (Å²) in [5, 5.41) is 0. The third-order valence-corrected chi connectivity index (χ3v) is 4.04. The molecular weight excluding hydrogens is 262 g/mol. The molecule has 3 heteroatoms. The van der Waals surface area contributed by atoms with Crippen LogP contribution in [0.5, 0.6) is 0 Å². The van der Waals surface area contributed by atoms with Crippen LogP contribution in [0, 0.1) is 17.6 Å². The lowest BCUT2D eigenvalue weighted by molar-refractivity contribution is 0.566. The van der Waals surface area contributed by atoms with Crippen molar-refractivity contribution in [3.05, 3.63) is 35.4 Å². The predicted octanol–water partition coefficient (Wildman–Crippen LogP) is 4.07. The molecule has 1 aliphatic carbocycles. The molecule has 0 saturated heterocycles. The average molecular weight is 275 g/mol. The van der Waals surface area contributed by atoms with Crippen LogP contribution < -0.4 is 0 Å². The van der Waals surface area contributed by atoms with Crippen LogP contribution in [0.15, 0.2) is 18.2 Å². The molecule has 0 aromatic heterocycles. The van der Waals surface area contributed by atoms with Crippen LogP contribution in [-0.4, -0.2) is 4.83 Å². The fourth-order valence-corrected chi connectivity index (χ4v) is 2.47. The Morgan fingerprint density at radius 2 is 2.07 bits per heavy atom. The van der Waals surface area contributed by atoms with Crippen molar-refractivity contribution >= 4 is 15.9 Å². The third kappa shape index (κ3) is 3.00. The molecule has 1 atom stereocenters. The normalized spacial score (nSPS) is 17.8. The van der Waals surface area contributed by atoms with E-state index in [9.17, 15) is 8.78 Å². The molecule has 0 aliphatic heterocycles. The SMILES string of the molecule is Fc1ccc(CCC(Br)C2CC2)c(F)c1. The first kappa shape index (κ1) is 11.1. The molecule has 0 nitrogen and oxygen atoms in total. The van der Waals surface area contributed by atoms with Crippen LogP contribution in [0.1, 0.15) is 24.8 Å². The summed E-state index contributed by atoms with van der Waals surface area (Å²) in [6.07, 6.45) is 4.16. The molecule has 82 valence electrons. The van der Waals surface area contributed by atoms with Gasteiger partial charge in [0.1, 0.15) is 11.6 Å². The lowest BCUT2D eigenvalue weighted by Gasteiger charge is -2.08. The molecule has 2 rings (SSSR count). The standard InChI is InChI=1S/C12H13BrF2/c13-11(8-1-2-8)6-4-9-3-5-10(14)7-12(9)15/h3,5,7-8,11H,1-2,4,6H2. The van der Waals surface area contributed by atoms with Crippen molar-refractivity contribution in [1.82, 2.24) is 0 Å². The van der Waals surface area contributed by atoms with Gasteiger partial charge in [-0.1, -0.05) is 22.0 Å². The highest BCUT2D eigenvalue weighted by Gasteiger charge is 2.28. The smallest absolute Gasteiger partial charge is 0.129 e. The molecule has 1 aromatic carbocycles. The van der Waals surface area contributed by atoms with E-state index < -0.39 is 11.6 Å². The van der Waals surface area contributed by atoms with Crippen LogP contribution in [0.4, 0.5) is 8.78 Å². The maximum Gasteiger partial charge on any atom is 0.129 e. The van der Waals surface area contributed by atoms with E-state index in [1.54, 1.807) is 0 Å². The molecule has 15 heavy (non-hydrogen) atoms. The van der Waals surface area contributed by atoms with Crippen molar-refractivity contribution in [2.45, 2.75) is 30.5 Å². The van der Waals surface area contributed by atoms with Crippen LogP contribution in [0.2, 0.25) is 0 Å². The van der Waals surface area contributed by atoms with Crippen molar-refractivity contribution < 1.29 is 8.78 Å². The molecule has 0 heterocycles. The second-order valence-electron chi connectivity index (χ2n) is 4.13. The summed E-state index contributed by atoms with van der Waals surface area (Å²) in [6.45, 7) is 0. The number of rotatable bonds is 4. The second-order valence-corrected chi connectivity index (χ2v) is 5.30. The summed E-state index contributed by atoms with van der Waals surface area (Å²) in [5.74, 6) is -0.159. The predicted molar refractivity (Wildman–Crippen MR) is 60.1 cm³/mol. The minimum absolute atomic E-state index is 0.425. The van der Waals surface area contributed by atoms with E-state index in [1.807, 2.05) is 0 Å². The van der Waals surface area contributed by atoms with Gasteiger partial charge in [0.15, 0.2) is 0 Å². The maximum atomic E-state index is 13.3. The van der Waals surface area contributed by atoms with Gasteiger partial charge in [-0.2, -0.15) is 0 Å². The van der Waals surface area contributed by atoms with Gasteiger partial charge in [0, 0.05) is 10.9 Å². The molecule has 1 aliphatic rings. The zero-order valence-corrected chi connectivity index (χ0v) is 9.94. The number of hydrogen-bond acceptors (Lipinski definition) is 0. The monoisotopic (exact) mass is 274 g/mol. The van der Waals surface area contributed by atoms with Gasteiger partial charge in [-0.3, -0.25) is 0 Å². The molecule has 1 unspecified atom stereocenters. The van der Waals surface area contributed by atoms with Crippen molar-refractivity contribution in [1.29, 1.82) is 0 Å². The van der Waals surface area contributed by atoms with E-state index in [4.69, 9.17) is 0 Å². The Kier molecular flexibility index (Phi) is 3.39. The van der Waals surface area contributed by atoms with E-state index in [1.165, 1.54) is 25.0 Å². The van der Waals surface area contributed by atoms with Gasteiger partial charge < -0.3 is 0 Å². The zero-order valence-electron chi connectivity index (χ0n) is 8.35. The fraction of sp³-hybridized carbons (Fsp3) is 0.500. The molecule has 0 N–H and O–H groups in total. The molecule has 1 aromatic rings. The summed E-state index contributed by atoms with van der Waals surface area (Å²) in [4.78, 5) is 0.488. The Bertz CT molecular complexity index is 347. The second kappa shape index (κ2) is 4.60. The van der Waals surface area contributed by atoms with E-state index in [-0.39, 0.29) is 0 Å². The van der Waals surface area contributed by atoms with Gasteiger partial charge in [-0.05, 0) is 43.2 Å². The Hall–Kier alpha value is -0.440. The molecule has 1 fully saturated rings. The van der Waals surface area contributed by atoms with Gasteiger partial charge in [0.2, 0.25) is 0 Å². The van der Waals surface area contributed by atoms with Crippen LogP contribution in [0.25, 0.3) is 0 Å². The molecule has 0 radical (unpaired) electrons. The number of benzene rings is 1. The van der Waals surface area contributed by atoms with Gasteiger partial charge in [-0.15, -0.1) is 0 Å². The van der Waals surface area contributed by atoms with Crippen molar-refractivity contribution in [2.75, 3.05) is 0 Å². The first-order chi connectivity index (χ1) is 7.16. The number of hydrogen-bond donors (Lipinski definition) is 0. The Morgan fingerprint density at radius 1 is 1.33 bits per heavy atom. The van der Waals surface area contributed by atoms with E-state index >= 15 is 0 Å². The summed E-state index contributed by atoms with van der Waals surface area (Å²) in [5.41, 5.74) is 0.613. The van der Waals surface area contributed by atoms with Gasteiger partial charge >= 0.3 is 0 Å². The van der Waals surface area contributed by atoms with E-state index in [0.29, 0.717) is 16.8 Å². The van der Waals surface area contributed by atoms with Gasteiger partial charge in [-0.25, -0.2) is 8.78 Å². The highest BCUT2D eigenvalue weighted by atomic mass is 79.9. The van der Waals surface area contributed by atoms with Crippen molar-refractivity contribution in [3.8, 4) is 0 Å². The highest BCUT2D eigenvalue weighted by Crippen LogP contribution is 2.38. The maximum absolute atomic E-state index is 13.3. The molecule has 0 spiro atoms. The van der Waals surface area contributed by atoms with Gasteiger partial charge in [0.25, 0.3) is 0 Å². The largest absolute Gasteiger partial charge is 0.207 e. The van der Waals surface area contributed by atoms with E-state index in [2.05, 4.69) is 15.9 Å². The fourth-order valence-electron chi connectivity index (χ4n) is 1.71. The minimum Gasteiger partial charge on any atom is -0.207 e. The van der Waals surface area contributed by atoms with Crippen molar-refractivity contribution in [3.63, 3.8) is 0 Å². The van der Waals surface area contributed by atoms with Gasteiger partial charge in [0.05, 0.1) is 0 Å². The lowest BCUT2D eigenvalue weighted by atomic mass is 10.1. The van der Waals surface area contributed by atoms with Crippen molar-refractivity contribution in [2.24, 2.45) is 5.92 Å². The molecule has 0 amide bonds. The topological polar surface area (TPSA) is 0 Å². The third-order valence-electron chi connectivity index (χ3n) is 2.84. The Morgan fingerprint density at radius 3 is 2.67 bits per heavy atom. The molecule has 1 saturated carbocycles. The average Bonchev–Trinajstić information content (AvgIpc) is 2.99. The summed E-state index contributed by atoms with van der Waals surface area (Å²) >= 11 is 3.60. The number of halogens is 3. The first-order valence-electron chi connectivity index (χ1n) is 5.25. The number of aryl methyl sites for hydroxylation is 1. The number of alkyl halides is 1. The summed E-state index contributed by atoms with van der Waals surface area (Å²) in [6, 6.07) is 3.81. The zero-order chi connectivity index (χ0) is 10.8. The summed E-state index contributed by atoms with van der Waals surface area (Å²) in [7, 11) is 0. The van der Waals surface area contributed by atoms with Crippen LogP contribution in [0.3, 0.4) is 0 Å². The summed E-state index contributed by atoms with van der Waals surface area (Å²) < 4.78 is 25.9. The Balaban J connectivity index is 1.92. The highest BCUT2D eigenvalue weighted by molar-refractivity contribution is 9.09. The van der Waals surface area contributed by atoms with Crippen LogP contribution >= 0.6 is 15.9 Å². The minimum atomic E-state index is -0.506. The first-order valence-corrected chi connectivity index (χ1v) is 6.16. The molecular formula is C12H13BrF2. The Labute approximate surface area is 96.8 Å². The molecule has 0 bridgehead atoms. The van der Waals surface area contributed by atoms with E-state index in [0.717, 1.165) is 18.4 Å². The lowest BCUT2D eigenvalue weighted by Crippen LogP contribution is -2.03. The quantitative estimate of drug-likeness (QED) is 0.726.